The Balaban J connectivity index is 3.55. The molecule has 6 heteroatoms. The molecule has 0 aliphatic heterocycles. The van der Waals surface area contributed by atoms with E-state index in [0.29, 0.717) is 0 Å². The summed E-state index contributed by atoms with van der Waals surface area (Å²) in [5.41, 5.74) is 1.01. The van der Waals surface area contributed by atoms with Crippen LogP contribution >= 0.6 is 0 Å². The molecule has 0 radical (unpaired) electrons. The number of benzene rings is 1. The predicted molar refractivity (Wildman–Crippen MR) is 122 cm³/mol. The maximum atomic E-state index is 9.86. The fourth-order valence-electron chi connectivity index (χ4n) is 3.55. The normalized spacial score (nSPS) is 15.5. The third-order valence-electron chi connectivity index (χ3n) is 5.12. The molecule has 1 aromatic carbocycles. The molecule has 0 aliphatic rings. The van der Waals surface area contributed by atoms with Crippen molar-refractivity contribution in [3.63, 3.8) is 0 Å². The average molecular weight is 594 g/mol. The number of hydrogen-bond donors (Lipinski definition) is 1. The van der Waals surface area contributed by atoms with Gasteiger partial charge in [0.05, 0.1) is 0 Å². The summed E-state index contributed by atoms with van der Waals surface area (Å²) in [6.07, 6.45) is 0. The third kappa shape index (κ3) is 6.04. The van der Waals surface area contributed by atoms with E-state index < -0.39 is 45.1 Å². The number of aliphatic hydroxyl groups is 1. The van der Waals surface area contributed by atoms with Crippen molar-refractivity contribution >= 4 is 48.7 Å². The zero-order chi connectivity index (χ0) is 20.6. The molecule has 150 valence electrons. The van der Waals surface area contributed by atoms with Gasteiger partial charge in [0, 0.05) is 0 Å². The first-order valence-corrected chi connectivity index (χ1v) is 32.7. The Morgan fingerprint density at radius 1 is 1.04 bits per heavy atom. The summed E-state index contributed by atoms with van der Waals surface area (Å²) in [6.45, 7) is 9.45. The van der Waals surface area contributed by atoms with Gasteiger partial charge in [0.25, 0.3) is 0 Å². The number of methoxy groups -OCH3 is 1. The molecule has 0 fully saturated rings. The molecule has 1 aromatic rings. The summed E-state index contributed by atoms with van der Waals surface area (Å²) < 4.78 is 15.3. The molecule has 0 heterocycles. The third-order valence-corrected chi connectivity index (χ3v) is 31.4. The molecule has 3 nitrogen and oxygen atoms in total. The van der Waals surface area contributed by atoms with Gasteiger partial charge in [-0.15, -0.1) is 0 Å². The summed E-state index contributed by atoms with van der Waals surface area (Å²) in [6, 6.07) is 4.08. The molecule has 0 aromatic heterocycles. The van der Waals surface area contributed by atoms with Crippen LogP contribution in [0.3, 0.4) is 0 Å². The van der Waals surface area contributed by atoms with Crippen LogP contribution in [0.4, 0.5) is 0 Å². The molecule has 0 spiro atoms. The zero-order valence-electron chi connectivity index (χ0n) is 18.8. The average Bonchev–Trinajstić information content (AvgIpc) is 2.42. The molecular weight excluding hydrogens is 554 g/mol. The molecule has 0 saturated heterocycles. The molecule has 0 aliphatic carbocycles. The molecule has 1 N–H and O–H groups in total. The Morgan fingerprint density at radius 3 is 1.92 bits per heavy atom. The van der Waals surface area contributed by atoms with E-state index in [1.807, 2.05) is 12.1 Å². The van der Waals surface area contributed by atoms with E-state index in [-0.39, 0.29) is 11.6 Å². The van der Waals surface area contributed by atoms with E-state index >= 15 is 0 Å². The fourth-order valence-corrected chi connectivity index (χ4v) is 35.4. The minimum absolute atomic E-state index is 0.0621. The summed E-state index contributed by atoms with van der Waals surface area (Å²) in [7, 11) is -0.271. The van der Waals surface area contributed by atoms with E-state index in [9.17, 15) is 5.11 Å². The first-order valence-electron chi connectivity index (χ1n) is 9.56. The Morgan fingerprint density at radius 2 is 1.58 bits per heavy atom. The second-order valence-electron chi connectivity index (χ2n) is 10.9. The van der Waals surface area contributed by atoms with Gasteiger partial charge in [0.15, 0.2) is 0 Å². The summed E-state index contributed by atoms with van der Waals surface area (Å²) in [4.78, 5) is 14.6. The minimum atomic E-state index is -2.50. The standard InChI is InChI=1S/C14H22O3Si.6CH3.2Sn/c1-14(2,3)18(5,6)17-12-8-7-11(10-15)9-13(12)16-4;;;;;;;;/h7-8,15H,5,10H2,1-4,6H3;6*1H3;;. The second kappa shape index (κ2) is 8.53. The zero-order valence-corrected chi connectivity index (χ0v) is 25.5. The van der Waals surface area contributed by atoms with Crippen molar-refractivity contribution < 1.29 is 14.3 Å². The molecule has 1 atom stereocenters. The van der Waals surface area contributed by atoms with Crippen LogP contribution in [0, 0.1) is 0 Å². The van der Waals surface area contributed by atoms with Crippen molar-refractivity contribution in [3.8, 4) is 11.5 Å². The van der Waals surface area contributed by atoms with Crippen LogP contribution in [0.15, 0.2) is 12.1 Å². The Labute approximate surface area is 170 Å². The number of rotatable bonds is 7. The summed E-state index contributed by atoms with van der Waals surface area (Å²) >= 11 is -4.55. The van der Waals surface area contributed by atoms with Crippen LogP contribution < -0.4 is 12.7 Å². The first-order chi connectivity index (χ1) is 11.6. The van der Waals surface area contributed by atoms with E-state index in [1.54, 1.807) is 7.11 Å². The van der Waals surface area contributed by atoms with Crippen LogP contribution in [0.2, 0.25) is 45.3 Å². The van der Waals surface area contributed by atoms with Gasteiger partial charge in [-0.1, -0.05) is 0 Å². The Hall–Kier alpha value is 0.594. The number of ether oxygens (including phenoxy) is 1. The summed E-state index contributed by atoms with van der Waals surface area (Å²) in [5.74, 6) is 1.78. The van der Waals surface area contributed by atoms with E-state index in [4.69, 9.17) is 9.16 Å². The van der Waals surface area contributed by atoms with E-state index in [1.165, 1.54) is 7.64 Å². The second-order valence-corrected chi connectivity index (χ2v) is 47.3. The van der Waals surface area contributed by atoms with Crippen molar-refractivity contribution in [2.75, 3.05) is 7.11 Å². The molecule has 1 rings (SSSR count). The van der Waals surface area contributed by atoms with Gasteiger partial charge in [-0.05, 0) is 0 Å². The van der Waals surface area contributed by atoms with Crippen LogP contribution in [0.5, 0.6) is 11.5 Å². The quantitative estimate of drug-likeness (QED) is 0.433. The molecule has 0 saturated carbocycles. The van der Waals surface area contributed by atoms with Crippen LogP contribution in [-0.4, -0.2) is 57.3 Å². The van der Waals surface area contributed by atoms with E-state index in [0.717, 1.165) is 17.1 Å². The van der Waals surface area contributed by atoms with Gasteiger partial charge in [-0.3, -0.25) is 0 Å². The molecule has 1 unspecified atom stereocenters. The number of aliphatic hydroxyl groups excluding tert-OH is 1. The van der Waals surface area contributed by atoms with Gasteiger partial charge in [-0.2, -0.15) is 0 Å². The van der Waals surface area contributed by atoms with Crippen LogP contribution in [0.1, 0.15) is 26.3 Å². The first kappa shape index (κ1) is 24.6. The Bertz CT molecular complexity index is 628. The molecule has 0 amide bonds. The van der Waals surface area contributed by atoms with Crippen molar-refractivity contribution in [3.05, 3.63) is 17.7 Å². The van der Waals surface area contributed by atoms with Crippen molar-refractivity contribution in [1.29, 1.82) is 0 Å². The molecular formula is C20H40O3SiSn2. The Kier molecular flexibility index (Phi) is 8.08. The monoisotopic (exact) mass is 596 g/mol. The summed E-state index contributed by atoms with van der Waals surface area (Å²) in [5, 5.41) is 10.0. The van der Waals surface area contributed by atoms with Crippen molar-refractivity contribution in [2.45, 2.75) is 72.7 Å². The van der Waals surface area contributed by atoms with Crippen molar-refractivity contribution in [1.82, 2.24) is 0 Å². The van der Waals surface area contributed by atoms with Gasteiger partial charge < -0.3 is 0 Å². The van der Waals surface area contributed by atoms with Crippen molar-refractivity contribution in [2.24, 2.45) is 0 Å². The van der Waals surface area contributed by atoms with Crippen LogP contribution in [-0.2, 0) is 6.61 Å². The van der Waals surface area contributed by atoms with Gasteiger partial charge in [-0.25, -0.2) is 0 Å². The fraction of sp³-hybridized carbons (Fsp3) is 0.700. The molecule has 0 bridgehead atoms. The van der Waals surface area contributed by atoms with Gasteiger partial charge in [0.2, 0.25) is 0 Å². The maximum absolute atomic E-state index is 9.86. The molecule has 26 heavy (non-hydrogen) atoms. The van der Waals surface area contributed by atoms with Crippen LogP contribution in [0.25, 0.3) is 0 Å². The van der Waals surface area contributed by atoms with Gasteiger partial charge >= 0.3 is 172 Å². The predicted octanol–water partition coefficient (Wildman–Crippen LogP) is 5.36. The SMILES string of the molecule is COc1c(O[Si](C)([CH2][Sn]([CH3])([CH3])[CH3])C(C)(C)C)ccc(CO)[c]1[Sn]([CH3])([CH3])[CH3]. The number of hydrogen-bond acceptors (Lipinski definition) is 3. The topological polar surface area (TPSA) is 38.7 Å². The van der Waals surface area contributed by atoms with Gasteiger partial charge in [0.1, 0.15) is 0 Å². The van der Waals surface area contributed by atoms with E-state index in [2.05, 4.69) is 57.0 Å².